The predicted octanol–water partition coefficient (Wildman–Crippen LogP) is 1.01. The van der Waals surface area contributed by atoms with Gasteiger partial charge in [0.2, 0.25) is 0 Å². The summed E-state index contributed by atoms with van der Waals surface area (Å²) < 4.78 is 5.31. The smallest absolute Gasteiger partial charge is 0.315 e. The molecule has 0 radical (unpaired) electrons. The molecule has 1 fully saturated rings. The third kappa shape index (κ3) is 2.81. The van der Waals surface area contributed by atoms with Gasteiger partial charge in [0.15, 0.2) is 11.5 Å². The molecule has 3 N–H and O–H groups in total. The number of carbonyl (C=O) groups is 1. The van der Waals surface area contributed by atoms with Gasteiger partial charge >= 0.3 is 6.03 Å². The highest BCUT2D eigenvalue weighted by Gasteiger charge is 2.20. The third-order valence-electron chi connectivity index (χ3n) is 2.65. The van der Waals surface area contributed by atoms with Crippen molar-refractivity contribution in [1.29, 1.82) is 0 Å². The summed E-state index contributed by atoms with van der Waals surface area (Å²) in [5.41, 5.74) is 1.03. The van der Waals surface area contributed by atoms with Crippen molar-refractivity contribution in [3.05, 3.63) is 23.8 Å². The molecule has 5 nitrogen and oxygen atoms in total. The van der Waals surface area contributed by atoms with Gasteiger partial charge in [-0.15, -0.1) is 0 Å². The molecule has 1 atom stereocenters. The molecule has 0 aromatic heterocycles. The normalized spacial score (nSPS) is 18.6. The van der Waals surface area contributed by atoms with E-state index in [-0.39, 0.29) is 17.8 Å². The summed E-state index contributed by atoms with van der Waals surface area (Å²) in [5.74, 6) is 0.631. The maximum Gasteiger partial charge on any atom is 0.315 e. The lowest BCUT2D eigenvalue weighted by Crippen LogP contribution is -2.28. The van der Waals surface area contributed by atoms with Crippen molar-refractivity contribution in [3.63, 3.8) is 0 Å². The Morgan fingerprint density at radius 1 is 1.53 bits per heavy atom. The highest BCUT2D eigenvalue weighted by Crippen LogP contribution is 2.27. The van der Waals surface area contributed by atoms with Gasteiger partial charge in [0.05, 0.1) is 12.6 Å². The van der Waals surface area contributed by atoms with Crippen LogP contribution in [0.5, 0.6) is 11.5 Å². The summed E-state index contributed by atoms with van der Waals surface area (Å²) in [5, 5.41) is 15.1. The van der Waals surface area contributed by atoms with Crippen LogP contribution in [0.3, 0.4) is 0 Å². The van der Waals surface area contributed by atoms with Crippen LogP contribution in [0.2, 0.25) is 0 Å². The van der Waals surface area contributed by atoms with Gasteiger partial charge < -0.3 is 20.5 Å². The third-order valence-corrected chi connectivity index (χ3v) is 2.65. The Labute approximate surface area is 99.8 Å². The van der Waals surface area contributed by atoms with E-state index < -0.39 is 0 Å². The van der Waals surface area contributed by atoms with E-state index in [1.807, 2.05) is 19.1 Å². The molecule has 1 heterocycles. The number of rotatable bonds is 4. The first-order valence-electron chi connectivity index (χ1n) is 5.68. The molecule has 1 unspecified atom stereocenters. The van der Waals surface area contributed by atoms with Crippen LogP contribution in [0.25, 0.3) is 0 Å². The molecule has 0 bridgehead atoms. The number of benzene rings is 1. The average Bonchev–Trinajstić information content (AvgIpc) is 2.69. The number of phenols is 1. The first kappa shape index (κ1) is 11.6. The number of carbonyl (C=O) groups excluding carboxylic acids is 1. The van der Waals surface area contributed by atoms with Gasteiger partial charge in [-0.2, -0.15) is 0 Å². The Bertz CT molecular complexity index is 420. The zero-order chi connectivity index (χ0) is 12.3. The Hall–Kier alpha value is -1.91. The summed E-state index contributed by atoms with van der Waals surface area (Å²) in [7, 11) is 0. The molecule has 1 aliphatic rings. The average molecular weight is 236 g/mol. The van der Waals surface area contributed by atoms with E-state index in [2.05, 4.69) is 10.6 Å². The van der Waals surface area contributed by atoms with Crippen molar-refractivity contribution in [2.24, 2.45) is 0 Å². The first-order chi connectivity index (χ1) is 8.19. The van der Waals surface area contributed by atoms with Crippen molar-refractivity contribution in [3.8, 4) is 11.5 Å². The van der Waals surface area contributed by atoms with Crippen LogP contribution in [0.15, 0.2) is 18.2 Å². The standard InChI is InChI=1S/C12H16N2O3/c1-2-17-11-6-8(3-4-10(11)15)5-9-7-13-12(16)14-9/h3-4,6,9,15H,2,5,7H2,1H3,(H2,13,14,16). The molecule has 1 aromatic carbocycles. The molecule has 0 spiro atoms. The SMILES string of the molecule is CCOc1cc(CC2CNC(=O)N2)ccc1O. The van der Waals surface area contributed by atoms with Crippen LogP contribution >= 0.6 is 0 Å². The monoisotopic (exact) mass is 236 g/mol. The summed E-state index contributed by atoms with van der Waals surface area (Å²) in [6.07, 6.45) is 0.721. The number of nitrogens with one attached hydrogen (secondary N) is 2. The van der Waals surface area contributed by atoms with Crippen LogP contribution in [0, 0.1) is 0 Å². The molecule has 2 amide bonds. The second-order valence-corrected chi connectivity index (χ2v) is 3.99. The van der Waals surface area contributed by atoms with E-state index in [9.17, 15) is 9.90 Å². The fourth-order valence-electron chi connectivity index (χ4n) is 1.87. The molecule has 1 aromatic rings. The Morgan fingerprint density at radius 2 is 2.35 bits per heavy atom. The second kappa shape index (κ2) is 4.95. The minimum absolute atomic E-state index is 0.0986. The lowest BCUT2D eigenvalue weighted by Gasteiger charge is -2.11. The lowest BCUT2D eigenvalue weighted by molar-refractivity contribution is 0.247. The molecule has 2 rings (SSSR count). The highest BCUT2D eigenvalue weighted by molar-refractivity contribution is 5.76. The molecule has 17 heavy (non-hydrogen) atoms. The van der Waals surface area contributed by atoms with Gasteiger partial charge in [0, 0.05) is 6.54 Å². The van der Waals surface area contributed by atoms with Gasteiger partial charge in [-0.1, -0.05) is 6.07 Å². The second-order valence-electron chi connectivity index (χ2n) is 3.99. The van der Waals surface area contributed by atoms with E-state index in [0.29, 0.717) is 18.9 Å². The maximum absolute atomic E-state index is 11.0. The van der Waals surface area contributed by atoms with Crippen LogP contribution in [-0.2, 0) is 6.42 Å². The van der Waals surface area contributed by atoms with Gasteiger partial charge in [-0.25, -0.2) is 4.79 Å². The van der Waals surface area contributed by atoms with Crippen LogP contribution in [0.4, 0.5) is 4.79 Å². The first-order valence-corrected chi connectivity index (χ1v) is 5.68. The van der Waals surface area contributed by atoms with Crippen molar-refractivity contribution in [2.75, 3.05) is 13.2 Å². The number of hydrogen-bond acceptors (Lipinski definition) is 3. The van der Waals surface area contributed by atoms with E-state index in [4.69, 9.17) is 4.74 Å². The maximum atomic E-state index is 11.0. The number of ether oxygens (including phenoxy) is 1. The molecule has 0 saturated carbocycles. The van der Waals surface area contributed by atoms with Gasteiger partial charge in [-0.05, 0) is 31.0 Å². The molecule has 1 saturated heterocycles. The topological polar surface area (TPSA) is 70.6 Å². The van der Waals surface area contributed by atoms with E-state index in [1.54, 1.807) is 6.07 Å². The van der Waals surface area contributed by atoms with Crippen LogP contribution in [0.1, 0.15) is 12.5 Å². The van der Waals surface area contributed by atoms with Crippen molar-refractivity contribution in [2.45, 2.75) is 19.4 Å². The Kier molecular flexibility index (Phi) is 3.37. The van der Waals surface area contributed by atoms with E-state index in [0.717, 1.165) is 12.0 Å². The minimum Gasteiger partial charge on any atom is -0.504 e. The molecule has 5 heteroatoms. The molecule has 0 aliphatic carbocycles. The number of urea groups is 1. The largest absolute Gasteiger partial charge is 0.504 e. The number of hydrogen-bond donors (Lipinski definition) is 3. The van der Waals surface area contributed by atoms with Gasteiger partial charge in [0.1, 0.15) is 0 Å². The quantitative estimate of drug-likeness (QED) is 0.730. The fraction of sp³-hybridized carbons (Fsp3) is 0.417. The Balaban J connectivity index is 2.05. The predicted molar refractivity (Wildman–Crippen MR) is 63.3 cm³/mol. The summed E-state index contributed by atoms with van der Waals surface area (Å²) in [6.45, 7) is 3.01. The molecular weight excluding hydrogens is 220 g/mol. The van der Waals surface area contributed by atoms with Crippen LogP contribution in [-0.4, -0.2) is 30.3 Å². The van der Waals surface area contributed by atoms with Crippen molar-refractivity contribution in [1.82, 2.24) is 10.6 Å². The Morgan fingerprint density at radius 3 is 3.00 bits per heavy atom. The van der Waals surface area contributed by atoms with Gasteiger partial charge in [0.25, 0.3) is 0 Å². The zero-order valence-electron chi connectivity index (χ0n) is 9.69. The molecule has 1 aliphatic heterocycles. The van der Waals surface area contributed by atoms with E-state index >= 15 is 0 Å². The van der Waals surface area contributed by atoms with E-state index in [1.165, 1.54) is 0 Å². The summed E-state index contributed by atoms with van der Waals surface area (Å²) in [6, 6.07) is 5.23. The number of aromatic hydroxyl groups is 1. The molecular formula is C12H16N2O3. The van der Waals surface area contributed by atoms with Gasteiger partial charge in [-0.3, -0.25) is 0 Å². The summed E-state index contributed by atoms with van der Waals surface area (Å²) in [4.78, 5) is 11.0. The number of amides is 2. The van der Waals surface area contributed by atoms with Crippen molar-refractivity contribution >= 4 is 6.03 Å². The minimum atomic E-state index is -0.126. The van der Waals surface area contributed by atoms with Crippen LogP contribution < -0.4 is 15.4 Å². The fourth-order valence-corrected chi connectivity index (χ4v) is 1.87. The van der Waals surface area contributed by atoms with Crippen molar-refractivity contribution < 1.29 is 14.6 Å². The number of phenolic OH excluding ortho intramolecular Hbond substituents is 1. The highest BCUT2D eigenvalue weighted by atomic mass is 16.5. The zero-order valence-corrected chi connectivity index (χ0v) is 9.69. The molecule has 92 valence electrons. The lowest BCUT2D eigenvalue weighted by atomic mass is 10.1. The summed E-state index contributed by atoms with van der Waals surface area (Å²) >= 11 is 0.